The van der Waals surface area contributed by atoms with Crippen LogP contribution in [0.2, 0.25) is 4.34 Å². The van der Waals surface area contributed by atoms with Gasteiger partial charge in [-0.15, -0.1) is 11.3 Å². The maximum atomic E-state index is 12.6. The van der Waals surface area contributed by atoms with Gasteiger partial charge in [-0.05, 0) is 37.1 Å². The van der Waals surface area contributed by atoms with Crippen molar-refractivity contribution in [2.45, 2.75) is 25.0 Å². The van der Waals surface area contributed by atoms with E-state index in [2.05, 4.69) is 5.32 Å². The van der Waals surface area contributed by atoms with Crippen molar-refractivity contribution in [3.8, 4) is 5.75 Å². The average molecular weight is 492 g/mol. The minimum Gasteiger partial charge on any atom is -0.488 e. The van der Waals surface area contributed by atoms with Crippen LogP contribution in [0.15, 0.2) is 30.3 Å². The Morgan fingerprint density at radius 2 is 2.06 bits per heavy atom. The average Bonchev–Trinajstić information content (AvgIpc) is 3.39. The normalized spacial score (nSPS) is 20.7. The molecule has 9 nitrogen and oxygen atoms in total. The lowest BCUT2D eigenvalue weighted by molar-refractivity contribution is -0.125. The number of ether oxygens (including phenoxy) is 3. The standard InChI is InChI=1S/C22H22ClN3O6S/c23-19-6-5-18(33-19)21(28)24-10-15-11-26(22(29)32-15)16-4-1-13(9-17(16)31-14-2-3-14)25-7-8-30-12-20(25)27/h1,4-6,9,14-15H,2-3,7-8,10-12H2,(H,24,28)/t15-/m0/s1. The minimum absolute atomic E-state index is 0.0457. The van der Waals surface area contributed by atoms with Crippen LogP contribution in [-0.2, 0) is 14.3 Å². The number of nitrogens with zero attached hydrogens (tertiary/aromatic N) is 2. The number of morpholine rings is 1. The Morgan fingerprint density at radius 1 is 1.21 bits per heavy atom. The quantitative estimate of drug-likeness (QED) is 0.639. The second-order valence-corrected chi connectivity index (χ2v) is 9.71. The summed E-state index contributed by atoms with van der Waals surface area (Å²) in [7, 11) is 0. The molecule has 174 valence electrons. The zero-order valence-electron chi connectivity index (χ0n) is 17.6. The molecule has 11 heteroatoms. The van der Waals surface area contributed by atoms with Crippen molar-refractivity contribution in [3.63, 3.8) is 0 Å². The van der Waals surface area contributed by atoms with E-state index in [1.54, 1.807) is 35.2 Å². The second kappa shape index (κ2) is 9.20. The Balaban J connectivity index is 1.29. The molecule has 1 aromatic heterocycles. The maximum absolute atomic E-state index is 12.6. The van der Waals surface area contributed by atoms with Crippen molar-refractivity contribution in [1.82, 2.24) is 5.32 Å². The molecular formula is C22H22ClN3O6S. The van der Waals surface area contributed by atoms with Gasteiger partial charge in [0, 0.05) is 18.3 Å². The summed E-state index contributed by atoms with van der Waals surface area (Å²) >= 11 is 7.07. The SMILES string of the molecule is O=C(NC[C@H]1CN(c2ccc(N3CCOCC3=O)cc2OC2CC2)C(=O)O1)c1ccc(Cl)s1. The van der Waals surface area contributed by atoms with Crippen LogP contribution in [0, 0.1) is 0 Å². The number of cyclic esters (lactones) is 1. The Labute approximate surface area is 199 Å². The Morgan fingerprint density at radius 3 is 2.79 bits per heavy atom. The molecule has 0 unspecified atom stereocenters. The van der Waals surface area contributed by atoms with Crippen LogP contribution in [-0.4, -0.2) is 63.0 Å². The van der Waals surface area contributed by atoms with Gasteiger partial charge in [0.15, 0.2) is 0 Å². The van der Waals surface area contributed by atoms with Gasteiger partial charge in [0.05, 0.1) is 40.7 Å². The first kappa shape index (κ1) is 22.0. The number of hydrogen-bond acceptors (Lipinski definition) is 7. The van der Waals surface area contributed by atoms with Crippen LogP contribution in [0.3, 0.4) is 0 Å². The van der Waals surface area contributed by atoms with Crippen LogP contribution in [0.1, 0.15) is 22.5 Å². The summed E-state index contributed by atoms with van der Waals surface area (Å²) in [4.78, 5) is 40.8. The molecule has 0 spiro atoms. The van der Waals surface area contributed by atoms with Crippen LogP contribution < -0.4 is 19.9 Å². The van der Waals surface area contributed by atoms with E-state index in [9.17, 15) is 14.4 Å². The van der Waals surface area contributed by atoms with E-state index < -0.39 is 12.2 Å². The Hall–Kier alpha value is -2.82. The summed E-state index contributed by atoms with van der Waals surface area (Å²) in [6.07, 6.45) is 0.985. The molecule has 3 heterocycles. The Kier molecular flexibility index (Phi) is 6.13. The molecule has 1 saturated carbocycles. The van der Waals surface area contributed by atoms with Gasteiger partial charge in [-0.25, -0.2) is 4.79 Å². The molecule has 1 aromatic carbocycles. The first-order chi connectivity index (χ1) is 16.0. The van der Waals surface area contributed by atoms with E-state index in [0.29, 0.717) is 39.5 Å². The van der Waals surface area contributed by atoms with Gasteiger partial charge in [-0.2, -0.15) is 0 Å². The molecule has 2 saturated heterocycles. The van der Waals surface area contributed by atoms with Gasteiger partial charge >= 0.3 is 6.09 Å². The third-order valence-electron chi connectivity index (χ3n) is 5.51. The highest BCUT2D eigenvalue weighted by Crippen LogP contribution is 2.39. The van der Waals surface area contributed by atoms with Crippen LogP contribution in [0.5, 0.6) is 5.75 Å². The van der Waals surface area contributed by atoms with Crippen LogP contribution in [0.25, 0.3) is 0 Å². The molecule has 3 aliphatic rings. The molecule has 0 bridgehead atoms. The van der Waals surface area contributed by atoms with Gasteiger partial charge in [-0.1, -0.05) is 11.6 Å². The number of carbonyl (C=O) groups is 3. The highest BCUT2D eigenvalue weighted by atomic mass is 35.5. The summed E-state index contributed by atoms with van der Waals surface area (Å²) in [5.41, 5.74) is 1.28. The van der Waals surface area contributed by atoms with Crippen molar-refractivity contribution in [2.75, 3.05) is 42.6 Å². The summed E-state index contributed by atoms with van der Waals surface area (Å²) in [6.45, 7) is 1.42. The van der Waals surface area contributed by atoms with Crippen molar-refractivity contribution >= 4 is 52.2 Å². The van der Waals surface area contributed by atoms with Crippen molar-refractivity contribution < 1.29 is 28.6 Å². The molecule has 33 heavy (non-hydrogen) atoms. The number of hydrogen-bond donors (Lipinski definition) is 1. The largest absolute Gasteiger partial charge is 0.488 e. The number of rotatable bonds is 7. The molecule has 2 aromatic rings. The monoisotopic (exact) mass is 491 g/mol. The number of carbonyl (C=O) groups excluding carboxylic acids is 3. The molecule has 3 amide bonds. The van der Waals surface area contributed by atoms with E-state index in [1.165, 1.54) is 16.2 Å². The molecule has 0 radical (unpaired) electrons. The fourth-order valence-electron chi connectivity index (χ4n) is 3.70. The summed E-state index contributed by atoms with van der Waals surface area (Å²) < 4.78 is 17.3. The van der Waals surface area contributed by atoms with Gasteiger partial charge in [-0.3, -0.25) is 14.5 Å². The summed E-state index contributed by atoms with van der Waals surface area (Å²) in [5.74, 6) is 0.151. The fraction of sp³-hybridized carbons (Fsp3) is 0.409. The summed E-state index contributed by atoms with van der Waals surface area (Å²) in [5, 5.41) is 2.78. The van der Waals surface area contributed by atoms with Crippen LogP contribution in [0.4, 0.5) is 16.2 Å². The molecule has 5 rings (SSSR count). The number of anilines is 2. The molecule has 1 atom stereocenters. The lowest BCUT2D eigenvalue weighted by atomic mass is 10.2. The van der Waals surface area contributed by atoms with Gasteiger partial charge in [0.2, 0.25) is 0 Å². The minimum atomic E-state index is -0.510. The van der Waals surface area contributed by atoms with Crippen molar-refractivity contribution in [3.05, 3.63) is 39.5 Å². The molecule has 3 fully saturated rings. The predicted octanol–water partition coefficient (Wildman–Crippen LogP) is 3.06. The predicted molar refractivity (Wildman–Crippen MR) is 123 cm³/mol. The number of halogens is 1. The van der Waals surface area contributed by atoms with E-state index in [-0.39, 0.29) is 37.6 Å². The fourth-order valence-corrected chi connectivity index (χ4v) is 4.66. The maximum Gasteiger partial charge on any atom is 0.414 e. The van der Waals surface area contributed by atoms with Gasteiger partial charge < -0.3 is 24.4 Å². The number of benzene rings is 1. The zero-order chi connectivity index (χ0) is 22.9. The first-order valence-corrected chi connectivity index (χ1v) is 11.9. The van der Waals surface area contributed by atoms with E-state index >= 15 is 0 Å². The smallest absolute Gasteiger partial charge is 0.414 e. The molecule has 2 aliphatic heterocycles. The topological polar surface area (TPSA) is 97.4 Å². The zero-order valence-corrected chi connectivity index (χ0v) is 19.2. The van der Waals surface area contributed by atoms with Crippen LogP contribution >= 0.6 is 22.9 Å². The molecular weight excluding hydrogens is 470 g/mol. The summed E-state index contributed by atoms with van der Waals surface area (Å²) in [6, 6.07) is 8.66. The van der Waals surface area contributed by atoms with Gasteiger partial charge in [0.25, 0.3) is 11.8 Å². The van der Waals surface area contributed by atoms with Crippen molar-refractivity contribution in [1.29, 1.82) is 0 Å². The van der Waals surface area contributed by atoms with E-state index in [4.69, 9.17) is 25.8 Å². The lowest BCUT2D eigenvalue weighted by Gasteiger charge is -2.28. The van der Waals surface area contributed by atoms with Gasteiger partial charge in [0.1, 0.15) is 18.5 Å². The molecule has 1 aliphatic carbocycles. The first-order valence-electron chi connectivity index (χ1n) is 10.7. The van der Waals surface area contributed by atoms with E-state index in [1.807, 2.05) is 0 Å². The number of nitrogens with one attached hydrogen (secondary N) is 1. The third kappa shape index (κ3) is 4.92. The second-order valence-electron chi connectivity index (χ2n) is 8.00. The highest BCUT2D eigenvalue weighted by Gasteiger charge is 2.36. The third-order valence-corrected chi connectivity index (χ3v) is 6.74. The number of amides is 3. The number of thiophene rings is 1. The van der Waals surface area contributed by atoms with E-state index in [0.717, 1.165) is 12.8 Å². The van der Waals surface area contributed by atoms with Crippen molar-refractivity contribution in [2.24, 2.45) is 0 Å². The lowest BCUT2D eigenvalue weighted by Crippen LogP contribution is -2.41. The Bertz CT molecular complexity index is 1090. The highest BCUT2D eigenvalue weighted by molar-refractivity contribution is 7.18. The molecule has 1 N–H and O–H groups in total.